The van der Waals surface area contributed by atoms with E-state index in [0.717, 1.165) is 44.1 Å². The standard InChI is InChI=1S/C14H19NO3S/c1-14(18)4-6-15(7-5-14)9-12-8-11(10-19-12)2-3-13(16)17/h2-3,8,10,18H,4-7,9H2,1H3,(H,16,17)/b3-2+. The fourth-order valence-corrected chi connectivity index (χ4v) is 3.04. The molecule has 0 saturated carbocycles. The first kappa shape index (κ1) is 14.2. The fourth-order valence-electron chi connectivity index (χ4n) is 2.15. The SMILES string of the molecule is CC1(O)CCN(Cc2cc(/C=C/C(=O)O)cs2)CC1. The van der Waals surface area contributed by atoms with Crippen LogP contribution < -0.4 is 0 Å². The van der Waals surface area contributed by atoms with Gasteiger partial charge in [-0.05, 0) is 42.9 Å². The van der Waals surface area contributed by atoms with Crippen molar-refractivity contribution in [1.29, 1.82) is 0 Å². The molecule has 1 saturated heterocycles. The molecule has 0 aliphatic carbocycles. The van der Waals surface area contributed by atoms with Gasteiger partial charge in [-0.1, -0.05) is 0 Å². The van der Waals surface area contributed by atoms with Crippen LogP contribution in [0.25, 0.3) is 6.08 Å². The summed E-state index contributed by atoms with van der Waals surface area (Å²) < 4.78 is 0. The van der Waals surface area contributed by atoms with E-state index in [-0.39, 0.29) is 0 Å². The quantitative estimate of drug-likeness (QED) is 0.831. The van der Waals surface area contributed by atoms with Gasteiger partial charge in [-0.25, -0.2) is 4.79 Å². The van der Waals surface area contributed by atoms with Crippen molar-refractivity contribution >= 4 is 23.4 Å². The van der Waals surface area contributed by atoms with Gasteiger partial charge in [0.15, 0.2) is 0 Å². The minimum absolute atomic E-state index is 0.513. The first-order valence-corrected chi connectivity index (χ1v) is 7.26. The number of thiophene rings is 1. The Labute approximate surface area is 117 Å². The van der Waals surface area contributed by atoms with Crippen LogP contribution in [0.4, 0.5) is 0 Å². The van der Waals surface area contributed by atoms with E-state index in [9.17, 15) is 9.90 Å². The average Bonchev–Trinajstić information content (AvgIpc) is 2.77. The van der Waals surface area contributed by atoms with Crippen LogP contribution in [-0.2, 0) is 11.3 Å². The van der Waals surface area contributed by atoms with Crippen molar-refractivity contribution in [3.05, 3.63) is 28.0 Å². The highest BCUT2D eigenvalue weighted by atomic mass is 32.1. The van der Waals surface area contributed by atoms with Gasteiger partial charge in [0.1, 0.15) is 0 Å². The van der Waals surface area contributed by atoms with E-state index < -0.39 is 11.6 Å². The van der Waals surface area contributed by atoms with Crippen LogP contribution in [0.2, 0.25) is 0 Å². The summed E-state index contributed by atoms with van der Waals surface area (Å²) in [6.07, 6.45) is 4.39. The zero-order valence-corrected chi connectivity index (χ0v) is 11.8. The predicted molar refractivity (Wildman–Crippen MR) is 76.1 cm³/mol. The summed E-state index contributed by atoms with van der Waals surface area (Å²) in [5.74, 6) is -0.925. The lowest BCUT2D eigenvalue weighted by Gasteiger charge is -2.35. The zero-order chi connectivity index (χ0) is 13.9. The number of carbonyl (C=O) groups is 1. The van der Waals surface area contributed by atoms with Crippen molar-refractivity contribution in [2.75, 3.05) is 13.1 Å². The molecule has 1 aromatic heterocycles. The van der Waals surface area contributed by atoms with Crippen molar-refractivity contribution in [2.45, 2.75) is 31.9 Å². The molecule has 1 fully saturated rings. The Morgan fingerprint density at radius 3 is 2.84 bits per heavy atom. The molecule has 1 aromatic rings. The Bertz CT molecular complexity index is 469. The Balaban J connectivity index is 1.88. The van der Waals surface area contributed by atoms with Crippen LogP contribution in [0.15, 0.2) is 17.5 Å². The lowest BCUT2D eigenvalue weighted by atomic mass is 9.94. The maximum Gasteiger partial charge on any atom is 0.328 e. The number of piperidine rings is 1. The molecular formula is C14H19NO3S. The highest BCUT2D eigenvalue weighted by Gasteiger charge is 2.27. The van der Waals surface area contributed by atoms with E-state index in [4.69, 9.17) is 5.11 Å². The van der Waals surface area contributed by atoms with Gasteiger partial charge < -0.3 is 10.2 Å². The lowest BCUT2D eigenvalue weighted by molar-refractivity contribution is -0.131. The summed E-state index contributed by atoms with van der Waals surface area (Å²) >= 11 is 1.65. The van der Waals surface area contributed by atoms with E-state index >= 15 is 0 Å². The van der Waals surface area contributed by atoms with Gasteiger partial charge in [-0.15, -0.1) is 11.3 Å². The lowest BCUT2D eigenvalue weighted by Crippen LogP contribution is -2.41. The summed E-state index contributed by atoms with van der Waals surface area (Å²) in [5.41, 5.74) is 0.424. The van der Waals surface area contributed by atoms with Crippen molar-refractivity contribution in [2.24, 2.45) is 0 Å². The van der Waals surface area contributed by atoms with E-state index in [2.05, 4.69) is 4.90 Å². The number of aliphatic carboxylic acids is 1. The molecular weight excluding hydrogens is 262 g/mol. The van der Waals surface area contributed by atoms with Crippen LogP contribution in [0.3, 0.4) is 0 Å². The van der Waals surface area contributed by atoms with Gasteiger partial charge in [0.25, 0.3) is 0 Å². The summed E-state index contributed by atoms with van der Waals surface area (Å²) in [5, 5.41) is 20.4. The number of aliphatic hydroxyl groups is 1. The minimum Gasteiger partial charge on any atom is -0.478 e. The second-order valence-corrected chi connectivity index (χ2v) is 6.29. The number of rotatable bonds is 4. The molecule has 0 radical (unpaired) electrons. The minimum atomic E-state index is -0.925. The summed E-state index contributed by atoms with van der Waals surface area (Å²) in [6.45, 7) is 4.59. The number of nitrogens with zero attached hydrogens (tertiary/aromatic N) is 1. The molecule has 19 heavy (non-hydrogen) atoms. The molecule has 2 N–H and O–H groups in total. The second kappa shape index (κ2) is 5.86. The Morgan fingerprint density at radius 2 is 2.21 bits per heavy atom. The number of carboxylic acid groups (broad SMARTS) is 1. The molecule has 1 aliphatic heterocycles. The van der Waals surface area contributed by atoms with Crippen LogP contribution in [0.5, 0.6) is 0 Å². The van der Waals surface area contributed by atoms with Gasteiger partial charge in [-0.3, -0.25) is 4.90 Å². The van der Waals surface area contributed by atoms with Gasteiger partial charge in [-0.2, -0.15) is 0 Å². The van der Waals surface area contributed by atoms with Gasteiger partial charge in [0.2, 0.25) is 0 Å². The fraction of sp³-hybridized carbons (Fsp3) is 0.500. The number of carboxylic acids is 1. The van der Waals surface area contributed by atoms with Crippen LogP contribution in [0, 0.1) is 0 Å². The molecule has 1 aliphatic rings. The average molecular weight is 281 g/mol. The maximum atomic E-state index is 10.4. The van der Waals surface area contributed by atoms with Crippen molar-refractivity contribution in [1.82, 2.24) is 4.90 Å². The zero-order valence-electron chi connectivity index (χ0n) is 11.0. The highest BCUT2D eigenvalue weighted by molar-refractivity contribution is 7.10. The van der Waals surface area contributed by atoms with E-state index in [0.29, 0.717) is 0 Å². The first-order valence-electron chi connectivity index (χ1n) is 6.38. The van der Waals surface area contributed by atoms with Crippen LogP contribution in [0.1, 0.15) is 30.2 Å². The molecule has 104 valence electrons. The second-order valence-electron chi connectivity index (χ2n) is 5.29. The third-order valence-electron chi connectivity index (χ3n) is 3.41. The molecule has 0 aromatic carbocycles. The number of hydrogen-bond donors (Lipinski definition) is 2. The summed E-state index contributed by atoms with van der Waals surface area (Å²) in [7, 11) is 0. The third kappa shape index (κ3) is 4.45. The molecule has 0 amide bonds. The normalized spacial score (nSPS) is 19.9. The van der Waals surface area contributed by atoms with E-state index in [1.807, 2.05) is 18.4 Å². The van der Waals surface area contributed by atoms with Crippen LogP contribution in [-0.4, -0.2) is 39.8 Å². The summed E-state index contributed by atoms with van der Waals surface area (Å²) in [6, 6.07) is 2.02. The maximum absolute atomic E-state index is 10.4. The highest BCUT2D eigenvalue weighted by Crippen LogP contribution is 2.24. The van der Waals surface area contributed by atoms with E-state index in [1.165, 1.54) is 4.88 Å². The molecule has 2 rings (SSSR count). The molecule has 0 unspecified atom stereocenters. The van der Waals surface area contributed by atoms with Gasteiger partial charge in [0, 0.05) is 30.6 Å². The Morgan fingerprint density at radius 1 is 1.53 bits per heavy atom. The van der Waals surface area contributed by atoms with Crippen molar-refractivity contribution < 1.29 is 15.0 Å². The Hall–Kier alpha value is -1.17. The summed E-state index contributed by atoms with van der Waals surface area (Å²) in [4.78, 5) is 14.0. The van der Waals surface area contributed by atoms with Gasteiger partial charge in [0.05, 0.1) is 5.60 Å². The van der Waals surface area contributed by atoms with Crippen molar-refractivity contribution in [3.63, 3.8) is 0 Å². The Kier molecular flexibility index (Phi) is 4.39. The van der Waals surface area contributed by atoms with Gasteiger partial charge >= 0.3 is 5.97 Å². The molecule has 0 spiro atoms. The van der Waals surface area contributed by atoms with Crippen LogP contribution >= 0.6 is 11.3 Å². The predicted octanol–water partition coefficient (Wildman–Crippen LogP) is 2.19. The molecule has 2 heterocycles. The largest absolute Gasteiger partial charge is 0.478 e. The third-order valence-corrected chi connectivity index (χ3v) is 4.34. The number of likely N-dealkylation sites (tertiary alicyclic amines) is 1. The topological polar surface area (TPSA) is 60.8 Å². The first-order chi connectivity index (χ1) is 8.94. The van der Waals surface area contributed by atoms with E-state index in [1.54, 1.807) is 17.4 Å². The molecule has 0 atom stereocenters. The smallest absolute Gasteiger partial charge is 0.328 e. The molecule has 0 bridgehead atoms. The van der Waals surface area contributed by atoms with Crippen molar-refractivity contribution in [3.8, 4) is 0 Å². The monoisotopic (exact) mass is 281 g/mol. The molecule has 5 heteroatoms. The number of hydrogen-bond acceptors (Lipinski definition) is 4. The molecule has 4 nitrogen and oxygen atoms in total.